The Balaban J connectivity index is 1.75. The number of fused-ring (bicyclic) bond motifs is 2. The molecular formula is C25H16F2N2O3. The third-order valence-corrected chi connectivity index (χ3v) is 5.31. The standard InChI is InChI=1S/C25H16F2N2O3/c1-13-22(10-9-16(26)24(13)27)32-25-15(11-14-5-2-3-6-17(14)29-25)19-12-21(31)23-18(28-19)7-4-8-20(23)30/h2-12,30H,1H3,(H,28,31). The lowest BCUT2D eigenvalue weighted by Gasteiger charge is -2.14. The number of ether oxygens (including phenoxy) is 1. The van der Waals surface area contributed by atoms with E-state index in [0.29, 0.717) is 22.3 Å². The van der Waals surface area contributed by atoms with Crippen LogP contribution in [-0.4, -0.2) is 15.1 Å². The highest BCUT2D eigenvalue weighted by Gasteiger charge is 2.17. The molecule has 0 aliphatic rings. The number of pyridine rings is 2. The summed E-state index contributed by atoms with van der Waals surface area (Å²) in [6.07, 6.45) is 0. The summed E-state index contributed by atoms with van der Waals surface area (Å²) < 4.78 is 33.6. The van der Waals surface area contributed by atoms with E-state index >= 15 is 0 Å². The van der Waals surface area contributed by atoms with Crippen LogP contribution in [0.3, 0.4) is 0 Å². The van der Waals surface area contributed by atoms with E-state index in [-0.39, 0.29) is 33.8 Å². The number of H-pyrrole nitrogens is 1. The fourth-order valence-electron chi connectivity index (χ4n) is 3.65. The predicted octanol–water partition coefficient (Wildman–Crippen LogP) is 5.83. The number of para-hydroxylation sites is 1. The van der Waals surface area contributed by atoms with Gasteiger partial charge in [-0.3, -0.25) is 4.79 Å². The highest BCUT2D eigenvalue weighted by Crippen LogP contribution is 2.36. The lowest BCUT2D eigenvalue weighted by molar-refractivity contribution is 0.444. The summed E-state index contributed by atoms with van der Waals surface area (Å²) in [7, 11) is 0. The van der Waals surface area contributed by atoms with Crippen LogP contribution in [0.15, 0.2) is 71.5 Å². The molecule has 32 heavy (non-hydrogen) atoms. The van der Waals surface area contributed by atoms with Gasteiger partial charge in [0, 0.05) is 17.0 Å². The third kappa shape index (κ3) is 3.24. The average molecular weight is 430 g/mol. The van der Waals surface area contributed by atoms with Gasteiger partial charge < -0.3 is 14.8 Å². The molecule has 2 heterocycles. The molecular weight excluding hydrogens is 414 g/mol. The zero-order valence-corrected chi connectivity index (χ0v) is 16.8. The van der Waals surface area contributed by atoms with E-state index < -0.39 is 11.6 Å². The molecule has 158 valence electrons. The van der Waals surface area contributed by atoms with Crippen LogP contribution in [0.25, 0.3) is 33.1 Å². The van der Waals surface area contributed by atoms with Crippen molar-refractivity contribution in [2.24, 2.45) is 0 Å². The Bertz CT molecular complexity index is 1580. The molecule has 0 fully saturated rings. The Hall–Kier alpha value is -4.26. The van der Waals surface area contributed by atoms with Crippen LogP contribution in [0.5, 0.6) is 17.4 Å². The molecule has 0 atom stereocenters. The van der Waals surface area contributed by atoms with Crippen LogP contribution < -0.4 is 10.2 Å². The second kappa shape index (κ2) is 7.46. The number of nitrogens with zero attached hydrogens (tertiary/aromatic N) is 1. The van der Waals surface area contributed by atoms with Crippen LogP contribution in [-0.2, 0) is 0 Å². The maximum atomic E-state index is 14.1. The van der Waals surface area contributed by atoms with Crippen molar-refractivity contribution in [3.63, 3.8) is 0 Å². The molecule has 0 spiro atoms. The fourth-order valence-corrected chi connectivity index (χ4v) is 3.65. The second-order valence-electron chi connectivity index (χ2n) is 7.37. The molecule has 0 unspecified atom stereocenters. The number of nitrogens with one attached hydrogen (secondary N) is 1. The number of phenolic OH excluding ortho intramolecular Hbond substituents is 1. The molecule has 0 radical (unpaired) electrons. The van der Waals surface area contributed by atoms with Gasteiger partial charge in [0.25, 0.3) is 0 Å². The number of hydrogen-bond donors (Lipinski definition) is 2. The van der Waals surface area contributed by atoms with E-state index in [0.717, 1.165) is 11.5 Å². The Kier molecular flexibility index (Phi) is 4.59. The Morgan fingerprint density at radius 3 is 2.66 bits per heavy atom. The van der Waals surface area contributed by atoms with Gasteiger partial charge in [0.05, 0.1) is 27.7 Å². The summed E-state index contributed by atoms with van der Waals surface area (Å²) in [4.78, 5) is 20.4. The summed E-state index contributed by atoms with van der Waals surface area (Å²) in [6, 6.07) is 17.5. The lowest BCUT2D eigenvalue weighted by Crippen LogP contribution is -2.04. The molecule has 0 saturated carbocycles. The molecule has 2 aromatic heterocycles. The van der Waals surface area contributed by atoms with Crippen molar-refractivity contribution in [2.75, 3.05) is 0 Å². The number of rotatable bonds is 3. The van der Waals surface area contributed by atoms with Gasteiger partial charge in [0.2, 0.25) is 5.88 Å². The number of aromatic nitrogens is 2. The van der Waals surface area contributed by atoms with E-state index in [9.17, 15) is 18.7 Å². The second-order valence-corrected chi connectivity index (χ2v) is 7.37. The van der Waals surface area contributed by atoms with Crippen LogP contribution in [0, 0.1) is 18.6 Å². The first-order chi connectivity index (χ1) is 15.4. The monoisotopic (exact) mass is 430 g/mol. The van der Waals surface area contributed by atoms with Crippen molar-refractivity contribution in [1.29, 1.82) is 0 Å². The smallest absolute Gasteiger partial charge is 0.229 e. The van der Waals surface area contributed by atoms with Crippen LogP contribution in [0.1, 0.15) is 5.56 Å². The molecule has 0 aliphatic carbocycles. The minimum atomic E-state index is -1.00. The van der Waals surface area contributed by atoms with E-state index in [1.165, 1.54) is 25.1 Å². The third-order valence-electron chi connectivity index (χ3n) is 5.31. The molecule has 7 heteroatoms. The van der Waals surface area contributed by atoms with Gasteiger partial charge >= 0.3 is 0 Å². The van der Waals surface area contributed by atoms with Crippen molar-refractivity contribution in [3.8, 4) is 28.6 Å². The summed E-state index contributed by atoms with van der Waals surface area (Å²) in [5.41, 5.74) is 1.55. The van der Waals surface area contributed by atoms with Gasteiger partial charge in [-0.25, -0.2) is 13.8 Å². The van der Waals surface area contributed by atoms with Gasteiger partial charge in [0.15, 0.2) is 17.1 Å². The van der Waals surface area contributed by atoms with Gasteiger partial charge in [-0.05, 0) is 43.3 Å². The van der Waals surface area contributed by atoms with Crippen molar-refractivity contribution in [3.05, 3.63) is 94.2 Å². The molecule has 5 aromatic rings. The van der Waals surface area contributed by atoms with Crippen molar-refractivity contribution >= 4 is 21.8 Å². The molecule has 2 N–H and O–H groups in total. The zero-order chi connectivity index (χ0) is 22.4. The van der Waals surface area contributed by atoms with E-state index in [1.54, 1.807) is 24.3 Å². The Labute approximate surface area is 180 Å². The maximum Gasteiger partial charge on any atom is 0.229 e. The molecule has 0 aliphatic heterocycles. The number of aromatic amines is 1. The summed E-state index contributed by atoms with van der Waals surface area (Å²) in [5.74, 6) is -1.87. The highest BCUT2D eigenvalue weighted by atomic mass is 19.2. The molecule has 5 nitrogen and oxygen atoms in total. The minimum absolute atomic E-state index is 0.00263. The summed E-state index contributed by atoms with van der Waals surface area (Å²) >= 11 is 0. The quantitative estimate of drug-likeness (QED) is 0.378. The molecule has 0 saturated heterocycles. The largest absolute Gasteiger partial charge is 0.507 e. The van der Waals surface area contributed by atoms with Crippen molar-refractivity contribution < 1.29 is 18.6 Å². The summed E-state index contributed by atoms with van der Waals surface area (Å²) in [6.45, 7) is 1.41. The number of aromatic hydroxyl groups is 1. The molecule has 0 amide bonds. The number of benzene rings is 3. The maximum absolute atomic E-state index is 14.1. The highest BCUT2D eigenvalue weighted by molar-refractivity contribution is 5.89. The van der Waals surface area contributed by atoms with Crippen molar-refractivity contribution in [2.45, 2.75) is 6.92 Å². The topological polar surface area (TPSA) is 75.2 Å². The van der Waals surface area contributed by atoms with E-state index in [2.05, 4.69) is 9.97 Å². The molecule has 3 aromatic carbocycles. The first kappa shape index (κ1) is 19.7. The SMILES string of the molecule is Cc1c(Oc2nc3ccccc3cc2-c2cc(=O)c3c(O)cccc3[nH]2)ccc(F)c1F. The first-order valence-electron chi connectivity index (χ1n) is 9.80. The van der Waals surface area contributed by atoms with E-state index in [1.807, 2.05) is 18.2 Å². The molecule has 5 rings (SSSR count). The predicted molar refractivity (Wildman–Crippen MR) is 118 cm³/mol. The van der Waals surface area contributed by atoms with Gasteiger partial charge in [-0.15, -0.1) is 0 Å². The fraction of sp³-hybridized carbons (Fsp3) is 0.0400. The first-order valence-corrected chi connectivity index (χ1v) is 9.80. The van der Waals surface area contributed by atoms with Crippen molar-refractivity contribution in [1.82, 2.24) is 9.97 Å². The van der Waals surface area contributed by atoms with Gasteiger partial charge in [-0.2, -0.15) is 0 Å². The molecule has 0 bridgehead atoms. The Morgan fingerprint density at radius 1 is 1.00 bits per heavy atom. The number of phenols is 1. The van der Waals surface area contributed by atoms with E-state index in [4.69, 9.17) is 4.74 Å². The van der Waals surface area contributed by atoms with Crippen LogP contribution >= 0.6 is 0 Å². The average Bonchev–Trinajstić information content (AvgIpc) is 2.78. The normalized spacial score (nSPS) is 11.2. The Morgan fingerprint density at radius 2 is 1.81 bits per heavy atom. The van der Waals surface area contributed by atoms with Crippen LogP contribution in [0.2, 0.25) is 0 Å². The zero-order valence-electron chi connectivity index (χ0n) is 16.8. The number of hydrogen-bond acceptors (Lipinski definition) is 4. The van der Waals surface area contributed by atoms with Crippen LogP contribution in [0.4, 0.5) is 8.78 Å². The number of halogens is 2. The van der Waals surface area contributed by atoms with Gasteiger partial charge in [0.1, 0.15) is 11.5 Å². The lowest BCUT2D eigenvalue weighted by atomic mass is 10.1. The van der Waals surface area contributed by atoms with Gasteiger partial charge in [-0.1, -0.05) is 24.3 Å². The minimum Gasteiger partial charge on any atom is -0.507 e. The summed E-state index contributed by atoms with van der Waals surface area (Å²) in [5, 5.41) is 11.0.